The molecule has 0 aliphatic rings. The second kappa shape index (κ2) is 5.45. The minimum Gasteiger partial charge on any atom is -0.303 e. The summed E-state index contributed by atoms with van der Waals surface area (Å²) < 4.78 is 8.88. The molecule has 1 radical (unpaired) electrons. The van der Waals surface area contributed by atoms with E-state index < -0.39 is 7.82 Å². The zero-order valence-electron chi connectivity index (χ0n) is 3.35. The predicted molar refractivity (Wildman–Crippen MR) is 14.3 cm³/mol. The summed E-state index contributed by atoms with van der Waals surface area (Å²) in [6.07, 6.45) is 0. The summed E-state index contributed by atoms with van der Waals surface area (Å²) in [6, 6.07) is 0. The van der Waals surface area contributed by atoms with Crippen molar-refractivity contribution in [1.82, 2.24) is 0 Å². The van der Waals surface area contributed by atoms with Crippen molar-refractivity contribution in [2.45, 2.75) is 0 Å². The van der Waals surface area contributed by atoms with Crippen LogP contribution in [-0.2, 0) is 42.6 Å². The van der Waals surface area contributed by atoms with Gasteiger partial charge in [-0.1, -0.05) is 0 Å². The third-order valence-electron chi connectivity index (χ3n) is 0. The summed E-state index contributed by atoms with van der Waals surface area (Å²) in [5, 5.41) is 0. The van der Waals surface area contributed by atoms with Gasteiger partial charge in [0, 0.05) is 38.0 Å². The van der Waals surface area contributed by atoms with E-state index >= 15 is 0 Å². The average molecular weight is 214 g/mol. The maximum Gasteiger partial charge on any atom is 0.466 e. The van der Waals surface area contributed by atoms with Gasteiger partial charge < -0.3 is 14.7 Å². The molecule has 0 heterocycles. The molecule has 7 heteroatoms. The van der Waals surface area contributed by atoms with Crippen LogP contribution < -0.4 is 0 Å². The largest absolute Gasteiger partial charge is 0.466 e. The Labute approximate surface area is 65.2 Å². The normalized spacial score (nSPS) is 8.43. The molecule has 0 rings (SSSR count). The fraction of sp³-hybridized carbons (Fsp3) is 0. The molecule has 0 aromatic heterocycles. The van der Waals surface area contributed by atoms with Crippen LogP contribution in [0.15, 0.2) is 0 Å². The van der Waals surface area contributed by atoms with Crippen LogP contribution in [0, 0.1) is 0 Å². The average Bonchev–Trinajstić information content (AvgIpc) is 0.722. The van der Waals surface area contributed by atoms with Gasteiger partial charge in [-0.25, -0.2) is 4.57 Å². The SMILES string of the molecule is O=P(O)(O)O.[V].[Zn]. The molecule has 0 aliphatic heterocycles. The van der Waals surface area contributed by atoms with Crippen LogP contribution >= 0.6 is 7.82 Å². The molecule has 0 aliphatic carbocycles. The first kappa shape index (κ1) is 15.8. The topological polar surface area (TPSA) is 77.8 Å². The van der Waals surface area contributed by atoms with Crippen molar-refractivity contribution in [2.75, 3.05) is 0 Å². The van der Waals surface area contributed by atoms with Gasteiger partial charge in [-0.15, -0.1) is 0 Å². The molecule has 0 bridgehead atoms. The van der Waals surface area contributed by atoms with Crippen molar-refractivity contribution in [2.24, 2.45) is 0 Å². The summed E-state index contributed by atoms with van der Waals surface area (Å²) >= 11 is 0. The van der Waals surface area contributed by atoms with E-state index in [0.29, 0.717) is 0 Å². The summed E-state index contributed by atoms with van der Waals surface area (Å²) in [6.45, 7) is 0. The van der Waals surface area contributed by atoms with Crippen LogP contribution in [0.25, 0.3) is 0 Å². The van der Waals surface area contributed by atoms with Gasteiger partial charge in [-0.3, -0.25) is 0 Å². The van der Waals surface area contributed by atoms with Gasteiger partial charge in [0.05, 0.1) is 0 Å². The maximum atomic E-state index is 8.88. The number of hydrogen-bond acceptors (Lipinski definition) is 1. The fourth-order valence-corrected chi connectivity index (χ4v) is 0. The monoisotopic (exact) mass is 213 g/mol. The molecular formula is H3O4PVZn. The first-order valence-corrected chi connectivity index (χ1v) is 2.35. The Morgan fingerprint density at radius 2 is 1.14 bits per heavy atom. The maximum absolute atomic E-state index is 8.88. The van der Waals surface area contributed by atoms with Crippen LogP contribution in [0.5, 0.6) is 0 Å². The fourth-order valence-electron chi connectivity index (χ4n) is 0. The standard InChI is InChI=1S/H3O4P.V.Zn/c1-5(2,3)4;;/h(H3,1,2,3,4);;. The van der Waals surface area contributed by atoms with Crippen LogP contribution in [0.1, 0.15) is 0 Å². The predicted octanol–water partition coefficient (Wildman–Crippen LogP) is -0.934. The van der Waals surface area contributed by atoms with E-state index in [4.69, 9.17) is 19.2 Å². The zero-order chi connectivity index (χ0) is 4.50. The van der Waals surface area contributed by atoms with Gasteiger partial charge in [0.2, 0.25) is 0 Å². The molecule has 0 saturated heterocycles. The Morgan fingerprint density at radius 3 is 1.14 bits per heavy atom. The molecule has 0 saturated carbocycles. The van der Waals surface area contributed by atoms with Gasteiger partial charge in [-0.2, -0.15) is 0 Å². The molecule has 0 atom stereocenters. The molecule has 4 nitrogen and oxygen atoms in total. The number of rotatable bonds is 0. The molecule has 0 fully saturated rings. The molecule has 0 aromatic rings. The van der Waals surface area contributed by atoms with Crippen molar-refractivity contribution >= 4 is 7.82 Å². The summed E-state index contributed by atoms with van der Waals surface area (Å²) in [7, 11) is -4.64. The third kappa shape index (κ3) is 119. The first-order chi connectivity index (χ1) is 2.00. The van der Waals surface area contributed by atoms with Gasteiger partial charge in [0.1, 0.15) is 0 Å². The van der Waals surface area contributed by atoms with E-state index in [1.54, 1.807) is 0 Å². The van der Waals surface area contributed by atoms with Crippen molar-refractivity contribution in [1.29, 1.82) is 0 Å². The quantitative estimate of drug-likeness (QED) is 0.359. The smallest absolute Gasteiger partial charge is 0.303 e. The van der Waals surface area contributed by atoms with E-state index in [2.05, 4.69) is 0 Å². The number of hydrogen-bond donors (Lipinski definition) is 3. The molecule has 39 valence electrons. The third-order valence-corrected chi connectivity index (χ3v) is 0. The van der Waals surface area contributed by atoms with Crippen LogP contribution in [0.3, 0.4) is 0 Å². The Bertz CT molecular complexity index is 57.8. The van der Waals surface area contributed by atoms with Gasteiger partial charge in [0.15, 0.2) is 0 Å². The van der Waals surface area contributed by atoms with Crippen molar-refractivity contribution in [3.63, 3.8) is 0 Å². The molecule has 0 aromatic carbocycles. The Balaban J connectivity index is -0.0000000800. The minimum absolute atomic E-state index is 0. The van der Waals surface area contributed by atoms with E-state index in [1.165, 1.54) is 0 Å². The molecule has 7 heavy (non-hydrogen) atoms. The second-order valence-corrected chi connectivity index (χ2v) is 1.54. The minimum atomic E-state index is -4.64. The molecule has 0 unspecified atom stereocenters. The second-order valence-electron chi connectivity index (χ2n) is 0.513. The Kier molecular flexibility index (Phi) is 12.3. The van der Waals surface area contributed by atoms with E-state index in [9.17, 15) is 0 Å². The van der Waals surface area contributed by atoms with E-state index in [-0.39, 0.29) is 38.0 Å². The number of phosphoric acid groups is 1. The van der Waals surface area contributed by atoms with E-state index in [1.807, 2.05) is 0 Å². The van der Waals surface area contributed by atoms with Gasteiger partial charge in [0.25, 0.3) is 0 Å². The summed E-state index contributed by atoms with van der Waals surface area (Å²) in [5.41, 5.74) is 0. The van der Waals surface area contributed by atoms with Crippen LogP contribution in [-0.4, -0.2) is 14.7 Å². The van der Waals surface area contributed by atoms with Crippen molar-refractivity contribution in [3.8, 4) is 0 Å². The zero-order valence-corrected chi connectivity index (χ0v) is 8.61. The first-order valence-electron chi connectivity index (χ1n) is 0.783. The molecule has 0 amide bonds. The summed E-state index contributed by atoms with van der Waals surface area (Å²) in [5.74, 6) is 0. The van der Waals surface area contributed by atoms with Crippen LogP contribution in [0.2, 0.25) is 0 Å². The van der Waals surface area contributed by atoms with Crippen molar-refractivity contribution < 1.29 is 57.3 Å². The molecule has 0 spiro atoms. The molecule has 3 N–H and O–H groups in total. The molecular weight excluding hydrogens is 211 g/mol. The van der Waals surface area contributed by atoms with E-state index in [0.717, 1.165) is 0 Å². The van der Waals surface area contributed by atoms with Gasteiger partial charge >= 0.3 is 7.82 Å². The van der Waals surface area contributed by atoms with Crippen molar-refractivity contribution in [3.05, 3.63) is 0 Å². The van der Waals surface area contributed by atoms with Gasteiger partial charge in [-0.05, 0) is 0 Å². The Hall–Kier alpha value is 1.32. The Morgan fingerprint density at radius 1 is 1.14 bits per heavy atom. The summed E-state index contributed by atoms with van der Waals surface area (Å²) in [4.78, 5) is 21.6. The van der Waals surface area contributed by atoms with Crippen LogP contribution in [0.4, 0.5) is 0 Å².